The normalized spacial score (nSPS) is 28.1. The molecule has 55 heavy (non-hydrogen) atoms. The van der Waals surface area contributed by atoms with Crippen molar-refractivity contribution in [1.29, 1.82) is 0 Å². The molecule has 4 amide bonds. The number of nitrogens with one attached hydrogen (secondary N) is 3. The number of fused-ring (bicyclic) bond motifs is 2. The molecule has 0 bridgehead atoms. The highest BCUT2D eigenvalue weighted by Gasteiger charge is 2.62. The molecule has 17 heteroatoms. The van der Waals surface area contributed by atoms with Crippen LogP contribution in [0.2, 0.25) is 0 Å². The molecule has 3 heterocycles. The maximum atomic E-state index is 14.6. The molecule has 3 aliphatic carbocycles. The third-order valence-corrected chi connectivity index (χ3v) is 13.2. The molecule has 5 aliphatic rings. The summed E-state index contributed by atoms with van der Waals surface area (Å²) in [5.74, 6) is -3.25. The van der Waals surface area contributed by atoms with Gasteiger partial charge in [0, 0.05) is 24.4 Å². The Morgan fingerprint density at radius 1 is 1.04 bits per heavy atom. The number of amides is 4. The largest absolute Gasteiger partial charge is 0.491 e. The van der Waals surface area contributed by atoms with Crippen LogP contribution >= 0.6 is 0 Å². The smallest absolute Gasteiger partial charge is 0.408 e. The number of carbonyl (C=O) groups excluding carboxylic acids is 4. The lowest BCUT2D eigenvalue weighted by molar-refractivity contribution is -0.141. The second kappa shape index (κ2) is 15.7. The van der Waals surface area contributed by atoms with Gasteiger partial charge in [-0.1, -0.05) is 37.1 Å². The van der Waals surface area contributed by atoms with Crippen LogP contribution in [-0.4, -0.2) is 89.5 Å². The second-order valence-corrected chi connectivity index (χ2v) is 17.2. The topological polar surface area (TPSA) is 195 Å². The van der Waals surface area contributed by atoms with Crippen LogP contribution in [0.15, 0.2) is 47.4 Å². The Hall–Kier alpha value is -4.80. The number of aromatic nitrogens is 2. The van der Waals surface area contributed by atoms with E-state index in [0.717, 1.165) is 43.2 Å². The first kappa shape index (κ1) is 38.5. The van der Waals surface area contributed by atoms with E-state index in [-0.39, 0.29) is 43.2 Å². The summed E-state index contributed by atoms with van der Waals surface area (Å²) in [4.78, 5) is 71.0. The van der Waals surface area contributed by atoms with Crippen molar-refractivity contribution in [2.24, 2.45) is 5.92 Å². The lowest BCUT2D eigenvalue weighted by Gasteiger charge is -2.30. The molecule has 0 radical (unpaired) electrons. The molecule has 5 atom stereocenters. The summed E-state index contributed by atoms with van der Waals surface area (Å²) in [6, 6.07) is 2.44. The standard InChI is InChI=1S/C38H47FN6O9S/c1-53-32-29(23-10-9-12-25(39)18-23)21-40-45(35(32)48)26-19-31-33(46)42-38(36(49)43-55(51,52)28-16-17-28)20-24(38)11-5-3-2-4-6-15-30(34(47)44(31)22-26)41-37(50)54-27-13-7-8-14-27/h5,9-12,18,21,24,26-28,30-31H,2-4,6-8,13-17,19-20,22H2,1H3,(H,41,50)(H,42,46)(H,43,49)/b11-5-/t24-,26?,30+,31+,38?/m1/s1. The van der Waals surface area contributed by atoms with E-state index in [0.29, 0.717) is 31.2 Å². The van der Waals surface area contributed by atoms with Crippen LogP contribution < -0.4 is 25.7 Å². The van der Waals surface area contributed by atoms with Gasteiger partial charge in [-0.2, -0.15) is 5.10 Å². The van der Waals surface area contributed by atoms with Crippen LogP contribution in [0.25, 0.3) is 11.1 Å². The molecule has 1 aromatic carbocycles. The maximum absolute atomic E-state index is 14.6. The Labute approximate surface area is 318 Å². The van der Waals surface area contributed by atoms with Crippen molar-refractivity contribution in [3.8, 4) is 16.9 Å². The zero-order chi connectivity index (χ0) is 38.9. The van der Waals surface area contributed by atoms with Gasteiger partial charge in [-0.25, -0.2) is 22.3 Å². The van der Waals surface area contributed by atoms with Crippen molar-refractivity contribution >= 4 is 33.8 Å². The predicted octanol–water partition coefficient (Wildman–Crippen LogP) is 3.24. The lowest BCUT2D eigenvalue weighted by Crippen LogP contribution is -2.58. The fraction of sp³-hybridized carbons (Fsp3) is 0.579. The fourth-order valence-corrected chi connectivity index (χ4v) is 9.42. The van der Waals surface area contributed by atoms with Gasteiger partial charge in [-0.15, -0.1) is 0 Å². The van der Waals surface area contributed by atoms with Crippen LogP contribution in [-0.2, 0) is 29.1 Å². The molecular weight excluding hydrogens is 736 g/mol. The van der Waals surface area contributed by atoms with E-state index in [9.17, 15) is 36.8 Å². The minimum Gasteiger partial charge on any atom is -0.491 e. The molecule has 7 rings (SSSR count). The number of allylic oxidation sites excluding steroid dienone is 1. The summed E-state index contributed by atoms with van der Waals surface area (Å²) in [5, 5.41) is 9.29. The number of hydrogen-bond donors (Lipinski definition) is 3. The molecule has 4 fully saturated rings. The number of alkyl carbamates (subject to hydrolysis) is 1. The zero-order valence-electron chi connectivity index (χ0n) is 30.7. The average molecular weight is 783 g/mol. The number of benzene rings is 1. The zero-order valence-corrected chi connectivity index (χ0v) is 31.5. The summed E-state index contributed by atoms with van der Waals surface area (Å²) in [6.45, 7) is -0.166. The SMILES string of the molecule is COc1c(-c2cccc(F)c2)cnn(C2C[C@H]3C(=O)NC4(C(=O)NS(=O)(=O)C5CC5)C[C@H]4/C=C\CCCCC[C@H](NC(=O)OC4CCCC4)C(=O)N3C2)c1=O. The first-order valence-electron chi connectivity index (χ1n) is 19.1. The molecule has 3 saturated carbocycles. The van der Waals surface area contributed by atoms with E-state index in [1.807, 2.05) is 12.2 Å². The summed E-state index contributed by atoms with van der Waals surface area (Å²) >= 11 is 0. The number of methoxy groups -OCH3 is 1. The van der Waals surface area contributed by atoms with Gasteiger partial charge in [0.25, 0.3) is 5.91 Å². The third kappa shape index (κ3) is 8.26. The monoisotopic (exact) mass is 782 g/mol. The van der Waals surface area contributed by atoms with Crippen molar-refractivity contribution in [3.63, 3.8) is 0 Å². The van der Waals surface area contributed by atoms with Gasteiger partial charge in [0.1, 0.15) is 29.5 Å². The van der Waals surface area contributed by atoms with Crippen molar-refractivity contribution in [2.45, 2.75) is 118 Å². The Morgan fingerprint density at radius 3 is 2.53 bits per heavy atom. The molecule has 1 saturated heterocycles. The molecule has 2 aromatic rings. The first-order valence-corrected chi connectivity index (χ1v) is 20.7. The van der Waals surface area contributed by atoms with Crippen molar-refractivity contribution in [3.05, 3.63) is 58.8 Å². The molecule has 15 nitrogen and oxygen atoms in total. The molecule has 1 aromatic heterocycles. The van der Waals surface area contributed by atoms with Gasteiger partial charge < -0.3 is 25.0 Å². The highest BCUT2D eigenvalue weighted by molar-refractivity contribution is 7.91. The molecule has 2 aliphatic heterocycles. The van der Waals surface area contributed by atoms with Crippen LogP contribution in [0, 0.1) is 11.7 Å². The van der Waals surface area contributed by atoms with Crippen LogP contribution in [0.5, 0.6) is 5.75 Å². The van der Waals surface area contributed by atoms with Crippen LogP contribution in [0.3, 0.4) is 0 Å². The van der Waals surface area contributed by atoms with E-state index in [4.69, 9.17) is 9.47 Å². The highest BCUT2D eigenvalue weighted by atomic mass is 32.2. The van der Waals surface area contributed by atoms with Crippen molar-refractivity contribution in [1.82, 2.24) is 30.0 Å². The van der Waals surface area contributed by atoms with E-state index >= 15 is 0 Å². The maximum Gasteiger partial charge on any atom is 0.408 e. The van der Waals surface area contributed by atoms with Gasteiger partial charge in [-0.3, -0.25) is 23.9 Å². The number of nitrogens with zero attached hydrogens (tertiary/aromatic N) is 3. The lowest BCUT2D eigenvalue weighted by atomic mass is 10.0. The number of rotatable bonds is 8. The van der Waals surface area contributed by atoms with E-state index in [2.05, 4.69) is 20.5 Å². The number of carbonyl (C=O) groups is 4. The Balaban J connectivity index is 1.21. The van der Waals surface area contributed by atoms with E-state index < -0.39 is 80.0 Å². The molecule has 296 valence electrons. The molecular formula is C38H47FN6O9S. The van der Waals surface area contributed by atoms with Gasteiger partial charge in [-0.05, 0) is 81.9 Å². The van der Waals surface area contributed by atoms with Gasteiger partial charge >= 0.3 is 11.7 Å². The number of ether oxygens (including phenoxy) is 2. The Kier molecular flexibility index (Phi) is 11.0. The summed E-state index contributed by atoms with van der Waals surface area (Å²) < 4.78 is 54.2. The fourth-order valence-electron chi connectivity index (χ4n) is 8.06. The molecule has 0 spiro atoms. The Morgan fingerprint density at radius 2 is 1.80 bits per heavy atom. The quantitative estimate of drug-likeness (QED) is 0.335. The average Bonchev–Trinajstić information content (AvgIpc) is 4.02. The summed E-state index contributed by atoms with van der Waals surface area (Å²) in [7, 11) is -2.64. The summed E-state index contributed by atoms with van der Waals surface area (Å²) in [5.41, 5.74) is -1.64. The van der Waals surface area contributed by atoms with Crippen LogP contribution in [0.4, 0.5) is 9.18 Å². The Bertz CT molecular complexity index is 2030. The van der Waals surface area contributed by atoms with E-state index in [1.54, 1.807) is 6.07 Å². The van der Waals surface area contributed by atoms with Gasteiger partial charge in [0.2, 0.25) is 21.8 Å². The minimum absolute atomic E-state index is 0.106. The van der Waals surface area contributed by atoms with Gasteiger partial charge in [0.15, 0.2) is 5.75 Å². The molecule has 3 N–H and O–H groups in total. The summed E-state index contributed by atoms with van der Waals surface area (Å²) in [6.07, 6.45) is 11.4. The van der Waals surface area contributed by atoms with Crippen LogP contribution in [0.1, 0.15) is 89.5 Å². The number of sulfonamides is 1. The minimum atomic E-state index is -3.94. The van der Waals surface area contributed by atoms with Crippen molar-refractivity contribution in [2.75, 3.05) is 13.7 Å². The van der Waals surface area contributed by atoms with E-state index in [1.165, 1.54) is 36.4 Å². The highest BCUT2D eigenvalue weighted by Crippen LogP contribution is 2.46. The second-order valence-electron chi connectivity index (χ2n) is 15.3. The molecule has 2 unspecified atom stereocenters. The third-order valence-electron chi connectivity index (χ3n) is 11.4. The number of halogens is 1. The first-order chi connectivity index (χ1) is 26.4. The van der Waals surface area contributed by atoms with Gasteiger partial charge in [0.05, 0.1) is 24.6 Å². The van der Waals surface area contributed by atoms with Crippen molar-refractivity contribution < 1.29 is 41.5 Å². The predicted molar refractivity (Wildman–Crippen MR) is 197 cm³/mol. The number of hydrogen-bond acceptors (Lipinski definition) is 10.